The number of methoxy groups -OCH3 is 2. The third kappa shape index (κ3) is 3.27. The average molecular weight is 399 g/mol. The van der Waals surface area contributed by atoms with Gasteiger partial charge in [-0.15, -0.1) is 10.2 Å². The van der Waals surface area contributed by atoms with Gasteiger partial charge in [0.05, 0.1) is 14.2 Å². The Kier molecular flexibility index (Phi) is 4.66. The minimum atomic E-state index is -0.441. The van der Waals surface area contributed by atoms with Gasteiger partial charge in [-0.05, 0) is 30.3 Å². The number of aromatic nitrogens is 2. The van der Waals surface area contributed by atoms with E-state index in [1.807, 2.05) is 0 Å². The molecule has 0 fully saturated rings. The zero-order valence-corrected chi connectivity index (χ0v) is 15.7. The number of anilines is 1. The number of benzene rings is 2. The highest BCUT2D eigenvalue weighted by Gasteiger charge is 2.20. The molecule has 9 heteroatoms. The topological polar surface area (TPSA) is 86.5 Å². The molecule has 0 bridgehead atoms. The summed E-state index contributed by atoms with van der Waals surface area (Å²) >= 11 is 1.13. The first kappa shape index (κ1) is 17.9. The number of furan rings is 1. The lowest BCUT2D eigenvalue weighted by Gasteiger charge is -2.11. The summed E-state index contributed by atoms with van der Waals surface area (Å²) < 4.78 is 29.4. The number of rotatable bonds is 5. The minimum absolute atomic E-state index is 0.253. The maximum Gasteiger partial charge on any atom is 0.265 e. The molecule has 142 valence electrons. The fourth-order valence-corrected chi connectivity index (χ4v) is 3.41. The molecule has 0 unspecified atom stereocenters. The van der Waals surface area contributed by atoms with Crippen LogP contribution in [0.2, 0.25) is 0 Å². The van der Waals surface area contributed by atoms with E-state index in [4.69, 9.17) is 13.9 Å². The molecule has 1 N–H and O–H groups in total. The fourth-order valence-electron chi connectivity index (χ4n) is 2.72. The SMILES string of the molecule is COc1cccc(OC)c1C(=O)Nc1nnc(-c2cc3ccc(F)cc3o2)s1. The maximum absolute atomic E-state index is 13.3. The van der Waals surface area contributed by atoms with Crippen LogP contribution >= 0.6 is 11.3 Å². The summed E-state index contributed by atoms with van der Waals surface area (Å²) in [6, 6.07) is 11.1. The molecular formula is C19H14FN3O4S. The van der Waals surface area contributed by atoms with Crippen molar-refractivity contribution in [2.24, 2.45) is 0 Å². The lowest BCUT2D eigenvalue weighted by Crippen LogP contribution is -2.14. The van der Waals surface area contributed by atoms with Crippen molar-refractivity contribution in [1.82, 2.24) is 10.2 Å². The Morgan fingerprint density at radius 2 is 1.86 bits per heavy atom. The van der Waals surface area contributed by atoms with Crippen molar-refractivity contribution in [3.05, 3.63) is 53.8 Å². The van der Waals surface area contributed by atoms with Crippen LogP contribution in [0.1, 0.15) is 10.4 Å². The largest absolute Gasteiger partial charge is 0.496 e. The number of nitrogens with zero attached hydrogens (tertiary/aromatic N) is 2. The summed E-state index contributed by atoms with van der Waals surface area (Å²) in [5.74, 6) is 0.364. The van der Waals surface area contributed by atoms with Gasteiger partial charge in [0, 0.05) is 11.5 Å². The van der Waals surface area contributed by atoms with Crippen LogP contribution in [0, 0.1) is 5.82 Å². The number of ether oxygens (including phenoxy) is 2. The molecule has 4 aromatic rings. The number of nitrogens with one attached hydrogen (secondary N) is 1. The van der Waals surface area contributed by atoms with Crippen molar-refractivity contribution in [1.29, 1.82) is 0 Å². The summed E-state index contributed by atoms with van der Waals surface area (Å²) in [6.45, 7) is 0. The number of carbonyl (C=O) groups is 1. The first-order valence-corrected chi connectivity index (χ1v) is 8.96. The molecule has 2 aromatic carbocycles. The molecule has 0 aliphatic heterocycles. The monoisotopic (exact) mass is 399 g/mol. The van der Waals surface area contributed by atoms with Gasteiger partial charge in [0.15, 0.2) is 10.8 Å². The molecule has 2 aromatic heterocycles. The van der Waals surface area contributed by atoms with E-state index in [9.17, 15) is 9.18 Å². The molecule has 4 rings (SSSR count). The summed E-state index contributed by atoms with van der Waals surface area (Å²) in [5, 5.41) is 12.2. The van der Waals surface area contributed by atoms with Crippen LogP contribution in [-0.4, -0.2) is 30.3 Å². The number of amides is 1. The molecule has 0 aliphatic carbocycles. The van der Waals surface area contributed by atoms with Gasteiger partial charge in [-0.1, -0.05) is 17.4 Å². The molecule has 7 nitrogen and oxygen atoms in total. The third-order valence-corrected chi connectivity index (χ3v) is 4.85. The van der Waals surface area contributed by atoms with Gasteiger partial charge in [-0.25, -0.2) is 4.39 Å². The van der Waals surface area contributed by atoms with Crippen LogP contribution in [0.5, 0.6) is 11.5 Å². The van der Waals surface area contributed by atoms with Crippen LogP contribution in [0.15, 0.2) is 46.9 Å². The van der Waals surface area contributed by atoms with E-state index >= 15 is 0 Å². The molecule has 0 spiro atoms. The second-order valence-corrected chi connectivity index (χ2v) is 6.67. The van der Waals surface area contributed by atoms with Crippen molar-refractivity contribution in [3.8, 4) is 22.3 Å². The zero-order valence-electron chi connectivity index (χ0n) is 14.9. The minimum Gasteiger partial charge on any atom is -0.496 e. The first-order valence-electron chi connectivity index (χ1n) is 8.14. The van der Waals surface area contributed by atoms with E-state index in [0.29, 0.717) is 27.8 Å². The van der Waals surface area contributed by atoms with E-state index in [-0.39, 0.29) is 16.5 Å². The van der Waals surface area contributed by atoms with E-state index in [0.717, 1.165) is 16.7 Å². The predicted octanol–water partition coefficient (Wildman–Crippen LogP) is 4.36. The number of carbonyl (C=O) groups excluding carboxylic acids is 1. The van der Waals surface area contributed by atoms with Crippen LogP contribution in [0.3, 0.4) is 0 Å². The number of fused-ring (bicyclic) bond motifs is 1. The maximum atomic E-state index is 13.3. The van der Waals surface area contributed by atoms with Crippen molar-refractivity contribution in [2.75, 3.05) is 19.5 Å². The van der Waals surface area contributed by atoms with E-state index in [1.165, 1.54) is 26.4 Å². The fraction of sp³-hybridized carbons (Fsp3) is 0.105. The van der Waals surface area contributed by atoms with Crippen molar-refractivity contribution < 1.29 is 23.1 Å². The van der Waals surface area contributed by atoms with Gasteiger partial charge in [-0.3, -0.25) is 10.1 Å². The summed E-state index contributed by atoms with van der Waals surface area (Å²) in [7, 11) is 2.94. The quantitative estimate of drug-likeness (QED) is 0.537. The zero-order chi connectivity index (χ0) is 19.7. The highest BCUT2D eigenvalue weighted by atomic mass is 32.1. The first-order chi connectivity index (χ1) is 13.6. The highest BCUT2D eigenvalue weighted by molar-refractivity contribution is 7.18. The van der Waals surface area contributed by atoms with Gasteiger partial charge < -0.3 is 13.9 Å². The molecule has 28 heavy (non-hydrogen) atoms. The van der Waals surface area contributed by atoms with Crippen molar-refractivity contribution in [2.45, 2.75) is 0 Å². The summed E-state index contributed by atoms with van der Waals surface area (Å²) in [4.78, 5) is 12.7. The van der Waals surface area contributed by atoms with Gasteiger partial charge in [0.2, 0.25) is 5.13 Å². The Morgan fingerprint density at radius 1 is 1.11 bits per heavy atom. The third-order valence-electron chi connectivity index (χ3n) is 3.99. The van der Waals surface area contributed by atoms with Crippen LogP contribution in [0.25, 0.3) is 21.7 Å². The highest BCUT2D eigenvalue weighted by Crippen LogP contribution is 2.33. The lowest BCUT2D eigenvalue weighted by atomic mass is 10.1. The molecule has 1 amide bonds. The van der Waals surface area contributed by atoms with E-state index in [1.54, 1.807) is 30.3 Å². The average Bonchev–Trinajstić information content (AvgIpc) is 3.33. The number of hydrogen-bond acceptors (Lipinski definition) is 7. The van der Waals surface area contributed by atoms with Crippen molar-refractivity contribution in [3.63, 3.8) is 0 Å². The van der Waals surface area contributed by atoms with Crippen LogP contribution in [-0.2, 0) is 0 Å². The Labute approximate surface area is 162 Å². The Morgan fingerprint density at radius 3 is 2.57 bits per heavy atom. The molecule has 0 atom stereocenters. The molecular weight excluding hydrogens is 385 g/mol. The Bertz CT molecular complexity index is 1150. The normalized spacial score (nSPS) is 10.8. The lowest BCUT2D eigenvalue weighted by molar-refractivity contribution is 0.102. The van der Waals surface area contributed by atoms with Gasteiger partial charge in [-0.2, -0.15) is 0 Å². The molecule has 0 radical (unpaired) electrons. The molecule has 0 saturated carbocycles. The van der Waals surface area contributed by atoms with Crippen LogP contribution < -0.4 is 14.8 Å². The molecule has 0 aliphatic rings. The van der Waals surface area contributed by atoms with Gasteiger partial charge in [0.1, 0.15) is 28.5 Å². The second-order valence-electron chi connectivity index (χ2n) is 5.70. The molecule has 0 saturated heterocycles. The molecule has 2 heterocycles. The second kappa shape index (κ2) is 7.28. The van der Waals surface area contributed by atoms with E-state index < -0.39 is 5.91 Å². The Hall–Kier alpha value is -3.46. The standard InChI is InChI=1S/C19H14FN3O4S/c1-25-12-4-3-5-13(26-2)16(12)17(24)21-19-23-22-18(28-19)15-8-10-6-7-11(20)9-14(10)27-15/h3-9H,1-2H3,(H,21,23,24). The Balaban J connectivity index is 1.60. The van der Waals surface area contributed by atoms with Gasteiger partial charge >= 0.3 is 0 Å². The summed E-state index contributed by atoms with van der Waals surface area (Å²) in [6.07, 6.45) is 0. The van der Waals surface area contributed by atoms with Gasteiger partial charge in [0.25, 0.3) is 5.91 Å². The summed E-state index contributed by atoms with van der Waals surface area (Å²) in [5.41, 5.74) is 0.665. The predicted molar refractivity (Wildman–Crippen MR) is 103 cm³/mol. The number of halogens is 1. The van der Waals surface area contributed by atoms with Crippen molar-refractivity contribution >= 4 is 33.3 Å². The van der Waals surface area contributed by atoms with E-state index in [2.05, 4.69) is 15.5 Å². The number of hydrogen-bond donors (Lipinski definition) is 1. The van der Waals surface area contributed by atoms with Crippen LogP contribution in [0.4, 0.5) is 9.52 Å². The smallest absolute Gasteiger partial charge is 0.265 e.